The van der Waals surface area contributed by atoms with E-state index >= 15 is 0 Å². The Bertz CT molecular complexity index is 1310. The van der Waals surface area contributed by atoms with Gasteiger partial charge in [0.05, 0.1) is 18.1 Å². The number of pyridine rings is 1. The average Bonchev–Trinajstić information content (AvgIpc) is 2.89. The molecular formula is C28H30Cl2N6O3. The lowest BCUT2D eigenvalue weighted by atomic mass is 9.92. The Morgan fingerprint density at radius 1 is 1.03 bits per heavy atom. The largest absolute Gasteiger partial charge is 0.481 e. The summed E-state index contributed by atoms with van der Waals surface area (Å²) in [6.07, 6.45) is 6.57. The minimum absolute atomic E-state index is 0.231. The van der Waals surface area contributed by atoms with Crippen molar-refractivity contribution < 1.29 is 14.6 Å². The lowest BCUT2D eigenvalue weighted by Crippen LogP contribution is -2.67. The molecule has 9 nitrogen and oxygen atoms in total. The minimum atomic E-state index is -0.726. The normalized spacial score (nSPS) is 21.4. The fourth-order valence-electron chi connectivity index (χ4n) is 5.73. The maximum absolute atomic E-state index is 11.1. The number of likely N-dealkylation sites (tertiary alicyclic amines) is 1. The van der Waals surface area contributed by atoms with Crippen molar-refractivity contribution in [1.29, 1.82) is 0 Å². The van der Waals surface area contributed by atoms with Gasteiger partial charge in [-0.2, -0.15) is 0 Å². The molecule has 2 N–H and O–H groups in total. The van der Waals surface area contributed by atoms with Crippen LogP contribution in [0.4, 0.5) is 5.95 Å². The maximum atomic E-state index is 11.1. The number of hydrogen-bond acceptors (Lipinski definition) is 8. The number of aromatic nitrogens is 3. The standard InChI is InChI=1S/C28H30Cl2N6O3/c29-20-8-19(9-21(30)10-20)25-5-18(14-35-3-1-17(2-4-35)7-27(37)38)6-26(34-25)39-24-12-31-28(32-13-24)36-15-22-11-23(16-36)33-22/h5-6,8-10,12-13,17,22-23,33H,1-4,7,11,14-16H2,(H,37,38). The van der Waals surface area contributed by atoms with Crippen LogP contribution >= 0.6 is 23.2 Å². The third-order valence-corrected chi connectivity index (χ3v) is 8.07. The van der Waals surface area contributed by atoms with Crippen molar-refractivity contribution in [2.75, 3.05) is 31.1 Å². The van der Waals surface area contributed by atoms with E-state index in [2.05, 4.69) is 25.1 Å². The second kappa shape index (κ2) is 11.3. The number of halogens is 2. The van der Waals surface area contributed by atoms with Gasteiger partial charge in [-0.25, -0.2) is 15.0 Å². The van der Waals surface area contributed by atoms with Crippen molar-refractivity contribution >= 4 is 35.1 Å². The molecule has 3 aromatic rings. The molecule has 0 amide bonds. The number of benzene rings is 1. The zero-order chi connectivity index (χ0) is 26.9. The molecule has 2 atom stereocenters. The minimum Gasteiger partial charge on any atom is -0.481 e. The van der Waals surface area contributed by atoms with Crippen molar-refractivity contribution in [3.05, 3.63) is 58.3 Å². The summed E-state index contributed by atoms with van der Waals surface area (Å²) in [4.78, 5) is 29.5. The highest BCUT2D eigenvalue weighted by Crippen LogP contribution is 2.31. The Labute approximate surface area is 237 Å². The molecule has 0 spiro atoms. The first-order valence-electron chi connectivity index (χ1n) is 13.3. The zero-order valence-corrected chi connectivity index (χ0v) is 22.9. The van der Waals surface area contributed by atoms with E-state index in [1.54, 1.807) is 18.5 Å². The molecule has 2 aromatic heterocycles. The Kier molecular flexibility index (Phi) is 7.57. The molecule has 204 valence electrons. The van der Waals surface area contributed by atoms with Gasteiger partial charge in [-0.1, -0.05) is 23.2 Å². The van der Waals surface area contributed by atoms with Crippen LogP contribution in [-0.2, 0) is 11.3 Å². The van der Waals surface area contributed by atoms with Gasteiger partial charge in [0.2, 0.25) is 11.8 Å². The van der Waals surface area contributed by atoms with E-state index in [0.717, 1.165) is 50.1 Å². The van der Waals surface area contributed by atoms with Crippen molar-refractivity contribution in [3.8, 4) is 22.9 Å². The quantitative estimate of drug-likeness (QED) is 0.393. The first kappa shape index (κ1) is 26.3. The van der Waals surface area contributed by atoms with Gasteiger partial charge in [-0.15, -0.1) is 0 Å². The fraction of sp³-hybridized carbons (Fsp3) is 0.429. The van der Waals surface area contributed by atoms with Crippen molar-refractivity contribution in [3.63, 3.8) is 0 Å². The van der Waals surface area contributed by atoms with Gasteiger partial charge < -0.3 is 20.1 Å². The van der Waals surface area contributed by atoms with E-state index in [0.29, 0.717) is 51.9 Å². The Balaban J connectivity index is 1.21. The van der Waals surface area contributed by atoms with Crippen LogP contribution in [0.15, 0.2) is 42.7 Å². The first-order chi connectivity index (χ1) is 18.9. The van der Waals surface area contributed by atoms with Crippen LogP contribution in [0.25, 0.3) is 11.3 Å². The number of piperazine rings is 1. The van der Waals surface area contributed by atoms with E-state index < -0.39 is 5.97 Å². The molecule has 1 aromatic carbocycles. The number of hydrogen-bond donors (Lipinski definition) is 2. The SMILES string of the molecule is O=C(O)CC1CCN(Cc2cc(Oc3cnc(N4CC5CC(C4)N5)nc3)nc(-c3cc(Cl)cc(Cl)c3)c2)CC1. The van der Waals surface area contributed by atoms with Crippen LogP contribution in [0, 0.1) is 5.92 Å². The smallest absolute Gasteiger partial charge is 0.303 e. The highest BCUT2D eigenvalue weighted by molar-refractivity contribution is 6.35. The molecule has 0 radical (unpaired) electrons. The topological polar surface area (TPSA) is 104 Å². The summed E-state index contributed by atoms with van der Waals surface area (Å²) >= 11 is 12.6. The Morgan fingerprint density at radius 2 is 1.69 bits per heavy atom. The molecule has 7 rings (SSSR count). The number of nitrogens with one attached hydrogen (secondary N) is 1. The summed E-state index contributed by atoms with van der Waals surface area (Å²) in [5, 5.41) is 13.7. The van der Waals surface area contributed by atoms with E-state index in [1.807, 2.05) is 24.3 Å². The highest BCUT2D eigenvalue weighted by Gasteiger charge is 2.37. The lowest BCUT2D eigenvalue weighted by Gasteiger charge is -2.48. The molecule has 4 saturated heterocycles. The average molecular weight is 569 g/mol. The van der Waals surface area contributed by atoms with Gasteiger partial charge in [0.1, 0.15) is 0 Å². The molecule has 0 saturated carbocycles. The van der Waals surface area contributed by atoms with E-state index in [1.165, 1.54) is 6.42 Å². The molecule has 0 aliphatic carbocycles. The number of aliphatic carboxylic acids is 1. The van der Waals surface area contributed by atoms with Gasteiger partial charge in [-0.05, 0) is 68.1 Å². The summed E-state index contributed by atoms with van der Waals surface area (Å²) in [7, 11) is 0. The number of nitrogens with zero attached hydrogens (tertiary/aromatic N) is 5. The number of ether oxygens (including phenoxy) is 1. The number of fused-ring (bicyclic) bond motifs is 2. The number of anilines is 1. The monoisotopic (exact) mass is 568 g/mol. The van der Waals surface area contributed by atoms with Crippen LogP contribution in [0.2, 0.25) is 10.0 Å². The molecular weight excluding hydrogens is 539 g/mol. The van der Waals surface area contributed by atoms with Gasteiger partial charge >= 0.3 is 5.97 Å². The molecule has 6 heterocycles. The fourth-order valence-corrected chi connectivity index (χ4v) is 6.26. The maximum Gasteiger partial charge on any atom is 0.303 e. The molecule has 4 fully saturated rings. The number of piperidine rings is 2. The predicted octanol–water partition coefficient (Wildman–Crippen LogP) is 4.87. The molecule has 4 aliphatic rings. The summed E-state index contributed by atoms with van der Waals surface area (Å²) in [6.45, 7) is 4.22. The summed E-state index contributed by atoms with van der Waals surface area (Å²) in [6, 6.07) is 10.3. The van der Waals surface area contributed by atoms with Crippen molar-refractivity contribution in [1.82, 2.24) is 25.2 Å². The molecule has 39 heavy (non-hydrogen) atoms. The van der Waals surface area contributed by atoms with Gasteiger partial charge in [0.15, 0.2) is 5.75 Å². The number of rotatable bonds is 8. The predicted molar refractivity (Wildman–Crippen MR) is 150 cm³/mol. The first-order valence-corrected chi connectivity index (χ1v) is 14.0. The second-order valence-electron chi connectivity index (χ2n) is 10.7. The summed E-state index contributed by atoms with van der Waals surface area (Å²) < 4.78 is 6.15. The third kappa shape index (κ3) is 6.44. The Hall–Kier alpha value is -2.98. The molecule has 2 unspecified atom stereocenters. The molecule has 4 aliphatic heterocycles. The van der Waals surface area contributed by atoms with Crippen LogP contribution in [0.5, 0.6) is 11.6 Å². The number of carbonyl (C=O) groups is 1. The Morgan fingerprint density at radius 3 is 2.33 bits per heavy atom. The van der Waals surface area contributed by atoms with E-state index in [4.69, 9.17) is 38.0 Å². The van der Waals surface area contributed by atoms with Gasteiger partial charge in [-0.3, -0.25) is 9.69 Å². The third-order valence-electron chi connectivity index (χ3n) is 7.64. The van der Waals surface area contributed by atoms with E-state index in [9.17, 15) is 4.79 Å². The van der Waals surface area contributed by atoms with E-state index in [-0.39, 0.29) is 12.3 Å². The number of carboxylic acids is 1. The van der Waals surface area contributed by atoms with Crippen molar-refractivity contribution in [2.24, 2.45) is 5.92 Å². The van der Waals surface area contributed by atoms with Crippen molar-refractivity contribution in [2.45, 2.75) is 44.3 Å². The lowest BCUT2D eigenvalue weighted by molar-refractivity contribution is -0.138. The zero-order valence-electron chi connectivity index (χ0n) is 21.4. The summed E-state index contributed by atoms with van der Waals surface area (Å²) in [5.41, 5.74) is 2.52. The van der Waals surface area contributed by atoms with Crippen LogP contribution < -0.4 is 15.0 Å². The highest BCUT2D eigenvalue weighted by atomic mass is 35.5. The van der Waals surface area contributed by atoms with Gasteiger partial charge in [0, 0.05) is 59.8 Å². The number of carboxylic acid groups (broad SMARTS) is 1. The molecule has 11 heteroatoms. The second-order valence-corrected chi connectivity index (χ2v) is 11.6. The van der Waals surface area contributed by atoms with Gasteiger partial charge in [0.25, 0.3) is 0 Å². The van der Waals surface area contributed by atoms with Crippen LogP contribution in [-0.4, -0.2) is 69.2 Å². The summed E-state index contributed by atoms with van der Waals surface area (Å²) in [5.74, 6) is 1.15. The van der Waals surface area contributed by atoms with Crippen LogP contribution in [0.3, 0.4) is 0 Å². The molecule has 2 bridgehead atoms. The van der Waals surface area contributed by atoms with Crippen LogP contribution in [0.1, 0.15) is 31.2 Å².